The van der Waals surface area contributed by atoms with Gasteiger partial charge in [-0.25, -0.2) is 4.39 Å². The Morgan fingerprint density at radius 2 is 2.00 bits per heavy atom. The first-order chi connectivity index (χ1) is 9.08. The Kier molecular flexibility index (Phi) is 3.90. The molecule has 0 heterocycles. The van der Waals surface area contributed by atoms with Crippen LogP contribution in [-0.4, -0.2) is 12.2 Å². The molecule has 0 fully saturated rings. The van der Waals surface area contributed by atoms with Crippen molar-refractivity contribution in [2.75, 3.05) is 12.4 Å². The van der Waals surface area contributed by atoms with E-state index in [0.717, 1.165) is 16.8 Å². The summed E-state index contributed by atoms with van der Waals surface area (Å²) in [5.41, 5.74) is 2.53. The zero-order valence-corrected chi connectivity index (χ0v) is 10.9. The van der Waals surface area contributed by atoms with Crippen molar-refractivity contribution in [1.29, 1.82) is 0 Å². The minimum atomic E-state index is -0.259. The van der Waals surface area contributed by atoms with E-state index in [4.69, 9.17) is 4.74 Å². The number of benzene rings is 2. The van der Waals surface area contributed by atoms with Gasteiger partial charge >= 0.3 is 0 Å². The van der Waals surface area contributed by atoms with E-state index in [0.29, 0.717) is 12.3 Å². The van der Waals surface area contributed by atoms with Crippen LogP contribution in [0.15, 0.2) is 36.4 Å². The maximum atomic E-state index is 13.2. The Morgan fingerprint density at radius 1 is 1.21 bits per heavy atom. The Balaban J connectivity index is 2.10. The van der Waals surface area contributed by atoms with E-state index in [9.17, 15) is 9.50 Å². The Bertz CT molecular complexity index is 564. The van der Waals surface area contributed by atoms with Gasteiger partial charge in [-0.1, -0.05) is 6.07 Å². The highest BCUT2D eigenvalue weighted by Crippen LogP contribution is 2.26. The molecule has 0 saturated carbocycles. The molecule has 0 aliphatic rings. The van der Waals surface area contributed by atoms with Crippen molar-refractivity contribution in [3.05, 3.63) is 53.3 Å². The molecule has 0 radical (unpaired) electrons. The number of hydrogen-bond acceptors (Lipinski definition) is 3. The van der Waals surface area contributed by atoms with E-state index in [1.54, 1.807) is 18.2 Å². The molecular weight excluding hydrogens is 245 g/mol. The summed E-state index contributed by atoms with van der Waals surface area (Å²) in [6.45, 7) is 2.37. The Labute approximate surface area is 111 Å². The van der Waals surface area contributed by atoms with Crippen molar-refractivity contribution >= 4 is 5.69 Å². The zero-order valence-electron chi connectivity index (χ0n) is 10.9. The van der Waals surface area contributed by atoms with E-state index in [2.05, 4.69) is 5.32 Å². The van der Waals surface area contributed by atoms with Crippen molar-refractivity contribution in [2.24, 2.45) is 0 Å². The average molecular weight is 261 g/mol. The lowest BCUT2D eigenvalue weighted by molar-refractivity contribution is 0.373. The van der Waals surface area contributed by atoms with Gasteiger partial charge in [0, 0.05) is 12.2 Å². The monoisotopic (exact) mass is 261 g/mol. The van der Waals surface area contributed by atoms with Crippen LogP contribution in [0.5, 0.6) is 11.5 Å². The fraction of sp³-hybridized carbons (Fsp3) is 0.200. The van der Waals surface area contributed by atoms with Crippen molar-refractivity contribution in [3.63, 3.8) is 0 Å². The molecule has 0 atom stereocenters. The molecule has 2 aromatic carbocycles. The molecule has 3 nitrogen and oxygen atoms in total. The number of methoxy groups -OCH3 is 1. The number of phenolic OH excluding ortho intramolecular Hbond substituents is 1. The predicted octanol–water partition coefficient (Wildman–Crippen LogP) is 3.46. The maximum Gasteiger partial charge on any atom is 0.160 e. The molecule has 0 bridgehead atoms. The van der Waals surface area contributed by atoms with Gasteiger partial charge in [-0.15, -0.1) is 0 Å². The van der Waals surface area contributed by atoms with Crippen LogP contribution in [0.3, 0.4) is 0 Å². The summed E-state index contributed by atoms with van der Waals surface area (Å²) in [6, 6.07) is 9.91. The molecule has 0 spiro atoms. The van der Waals surface area contributed by atoms with Gasteiger partial charge in [0.05, 0.1) is 7.11 Å². The lowest BCUT2D eigenvalue weighted by Gasteiger charge is -2.10. The first kappa shape index (κ1) is 13.2. The van der Waals surface area contributed by atoms with Crippen LogP contribution in [0, 0.1) is 12.7 Å². The van der Waals surface area contributed by atoms with Gasteiger partial charge in [-0.3, -0.25) is 0 Å². The van der Waals surface area contributed by atoms with Gasteiger partial charge in [0.1, 0.15) is 5.82 Å². The molecule has 2 aromatic rings. The highest BCUT2D eigenvalue weighted by Gasteiger charge is 2.03. The minimum absolute atomic E-state index is 0.104. The number of hydrogen-bond donors (Lipinski definition) is 2. The number of halogens is 1. The first-order valence-electron chi connectivity index (χ1n) is 5.95. The molecule has 0 aromatic heterocycles. The number of rotatable bonds is 4. The quantitative estimate of drug-likeness (QED) is 0.885. The second kappa shape index (κ2) is 5.61. The van der Waals surface area contributed by atoms with E-state index in [1.807, 2.05) is 13.0 Å². The second-order valence-corrected chi connectivity index (χ2v) is 4.38. The lowest BCUT2D eigenvalue weighted by Crippen LogP contribution is -2.00. The number of ether oxygens (including phenoxy) is 1. The third-order valence-corrected chi connectivity index (χ3v) is 2.78. The number of aromatic hydroxyl groups is 1. The van der Waals surface area contributed by atoms with E-state index < -0.39 is 0 Å². The highest BCUT2D eigenvalue weighted by molar-refractivity contribution is 5.48. The third-order valence-electron chi connectivity index (χ3n) is 2.78. The molecule has 0 saturated heterocycles. The molecule has 0 amide bonds. The summed E-state index contributed by atoms with van der Waals surface area (Å²) < 4.78 is 18.3. The van der Waals surface area contributed by atoms with E-state index >= 15 is 0 Å². The normalized spacial score (nSPS) is 10.3. The summed E-state index contributed by atoms with van der Waals surface area (Å²) >= 11 is 0. The van der Waals surface area contributed by atoms with Crippen LogP contribution in [0.25, 0.3) is 0 Å². The van der Waals surface area contributed by atoms with Crippen LogP contribution in [0.1, 0.15) is 11.1 Å². The van der Waals surface area contributed by atoms with Crippen molar-refractivity contribution in [3.8, 4) is 11.5 Å². The Morgan fingerprint density at radius 3 is 2.68 bits per heavy atom. The van der Waals surface area contributed by atoms with Gasteiger partial charge < -0.3 is 15.2 Å². The minimum Gasteiger partial charge on any atom is -0.504 e. The van der Waals surface area contributed by atoms with Crippen LogP contribution < -0.4 is 10.1 Å². The lowest BCUT2D eigenvalue weighted by atomic mass is 10.1. The van der Waals surface area contributed by atoms with Gasteiger partial charge in [0.25, 0.3) is 0 Å². The summed E-state index contributed by atoms with van der Waals surface area (Å²) in [5, 5.41) is 12.6. The number of nitrogens with one attached hydrogen (secondary N) is 1. The number of phenols is 1. The van der Waals surface area contributed by atoms with Crippen LogP contribution >= 0.6 is 0 Å². The molecule has 0 aliphatic heterocycles. The highest BCUT2D eigenvalue weighted by atomic mass is 19.1. The van der Waals surface area contributed by atoms with E-state index in [-0.39, 0.29) is 11.6 Å². The standard InChI is InChI=1S/C15H16FNO2/c1-10-5-12(16)8-13(6-10)17-9-11-3-4-14(18)15(7-11)19-2/h3-8,17-18H,9H2,1-2H3. The number of aryl methyl sites for hydroxylation is 1. The van der Waals surface area contributed by atoms with Crippen LogP contribution in [0.2, 0.25) is 0 Å². The maximum absolute atomic E-state index is 13.2. The average Bonchev–Trinajstić information content (AvgIpc) is 2.36. The topological polar surface area (TPSA) is 41.5 Å². The van der Waals surface area contributed by atoms with Crippen molar-refractivity contribution in [1.82, 2.24) is 0 Å². The van der Waals surface area contributed by atoms with Gasteiger partial charge in [0.2, 0.25) is 0 Å². The van der Waals surface area contributed by atoms with Gasteiger partial charge in [-0.2, -0.15) is 0 Å². The molecule has 0 aliphatic carbocycles. The molecule has 4 heteroatoms. The van der Waals surface area contributed by atoms with Crippen molar-refractivity contribution in [2.45, 2.75) is 13.5 Å². The van der Waals surface area contributed by atoms with Gasteiger partial charge in [0.15, 0.2) is 11.5 Å². The molecule has 19 heavy (non-hydrogen) atoms. The number of anilines is 1. The second-order valence-electron chi connectivity index (χ2n) is 4.38. The zero-order chi connectivity index (χ0) is 13.8. The predicted molar refractivity (Wildman–Crippen MR) is 73.1 cm³/mol. The fourth-order valence-corrected chi connectivity index (χ4v) is 1.87. The fourth-order valence-electron chi connectivity index (χ4n) is 1.87. The molecule has 100 valence electrons. The summed E-state index contributed by atoms with van der Waals surface area (Å²) in [4.78, 5) is 0. The van der Waals surface area contributed by atoms with Crippen LogP contribution in [0.4, 0.5) is 10.1 Å². The first-order valence-corrected chi connectivity index (χ1v) is 5.95. The largest absolute Gasteiger partial charge is 0.504 e. The molecule has 2 N–H and O–H groups in total. The molecular formula is C15H16FNO2. The van der Waals surface area contributed by atoms with Crippen LogP contribution in [-0.2, 0) is 6.54 Å². The smallest absolute Gasteiger partial charge is 0.160 e. The Hall–Kier alpha value is -2.23. The van der Waals surface area contributed by atoms with E-state index in [1.165, 1.54) is 19.2 Å². The summed E-state index contributed by atoms with van der Waals surface area (Å²) in [5.74, 6) is 0.272. The molecule has 2 rings (SSSR count). The van der Waals surface area contributed by atoms with Crippen molar-refractivity contribution < 1.29 is 14.2 Å². The third kappa shape index (κ3) is 3.37. The van der Waals surface area contributed by atoms with Gasteiger partial charge in [-0.05, 0) is 48.4 Å². The summed E-state index contributed by atoms with van der Waals surface area (Å²) in [6.07, 6.45) is 0. The summed E-state index contributed by atoms with van der Waals surface area (Å²) in [7, 11) is 1.50. The molecule has 0 unspecified atom stereocenters. The SMILES string of the molecule is COc1cc(CNc2cc(C)cc(F)c2)ccc1O.